The summed E-state index contributed by atoms with van der Waals surface area (Å²) < 4.78 is 4.70. The zero-order chi connectivity index (χ0) is 10.4. The highest BCUT2D eigenvalue weighted by Gasteiger charge is 2.15. The van der Waals surface area contributed by atoms with Crippen LogP contribution in [0.1, 0.15) is 6.92 Å². The summed E-state index contributed by atoms with van der Waals surface area (Å²) >= 11 is 0. The second-order valence-corrected chi connectivity index (χ2v) is 2.36. The first-order valence-corrected chi connectivity index (χ1v) is 4.05. The van der Waals surface area contributed by atoms with Gasteiger partial charge in [-0.1, -0.05) is 0 Å². The number of nitrogens with zero attached hydrogens (tertiary/aromatic N) is 2. The summed E-state index contributed by atoms with van der Waals surface area (Å²) in [7, 11) is 0. The number of rotatable bonds is 2. The van der Waals surface area contributed by atoms with Crippen molar-refractivity contribution >= 4 is 12.2 Å². The molecule has 0 bridgehead atoms. The fourth-order valence-corrected chi connectivity index (χ4v) is 0.881. The Bertz CT molecular complexity index is 361. The first kappa shape index (κ1) is 9.99. The summed E-state index contributed by atoms with van der Waals surface area (Å²) in [6.07, 6.45) is 4.45. The molecule has 0 aliphatic carbocycles. The van der Waals surface area contributed by atoms with Crippen LogP contribution in [0, 0.1) is 11.3 Å². The van der Waals surface area contributed by atoms with Crippen LogP contribution < -0.4 is 5.32 Å². The Labute approximate surface area is 81.4 Å². The zero-order valence-corrected chi connectivity index (χ0v) is 7.65. The molecule has 0 aromatic carbocycles. The maximum absolute atomic E-state index is 11.2. The van der Waals surface area contributed by atoms with Crippen LogP contribution in [-0.4, -0.2) is 18.8 Å². The highest BCUT2D eigenvalue weighted by atomic mass is 16.5. The molecule has 0 aromatic heterocycles. The molecule has 1 aliphatic rings. The number of allylic oxidation sites excluding steroid dienone is 1. The van der Waals surface area contributed by atoms with Crippen molar-refractivity contribution in [1.82, 2.24) is 5.32 Å². The van der Waals surface area contributed by atoms with E-state index in [2.05, 4.69) is 10.3 Å². The van der Waals surface area contributed by atoms with Crippen LogP contribution in [-0.2, 0) is 9.53 Å². The van der Waals surface area contributed by atoms with Crippen LogP contribution in [0.4, 0.5) is 0 Å². The number of nitrogens with one attached hydrogen (secondary N) is 1. The molecule has 0 radical (unpaired) electrons. The lowest BCUT2D eigenvalue weighted by Crippen LogP contribution is -2.17. The van der Waals surface area contributed by atoms with Gasteiger partial charge < -0.3 is 10.1 Å². The largest absolute Gasteiger partial charge is 0.462 e. The number of carbonyl (C=O) groups is 1. The molecule has 1 heterocycles. The van der Waals surface area contributed by atoms with Gasteiger partial charge in [-0.3, -0.25) is 4.99 Å². The molecule has 5 heteroatoms. The van der Waals surface area contributed by atoms with E-state index in [9.17, 15) is 4.79 Å². The topological polar surface area (TPSA) is 74.5 Å². The van der Waals surface area contributed by atoms with E-state index >= 15 is 0 Å². The molecule has 14 heavy (non-hydrogen) atoms. The van der Waals surface area contributed by atoms with Gasteiger partial charge in [0.1, 0.15) is 6.07 Å². The fourth-order valence-electron chi connectivity index (χ4n) is 0.881. The van der Waals surface area contributed by atoms with Crippen molar-refractivity contribution in [2.45, 2.75) is 6.92 Å². The van der Waals surface area contributed by atoms with E-state index in [0.29, 0.717) is 5.70 Å². The maximum Gasteiger partial charge on any atom is 0.351 e. The third kappa shape index (κ3) is 2.20. The molecular weight excluding hydrogens is 182 g/mol. The van der Waals surface area contributed by atoms with Crippen LogP contribution in [0.25, 0.3) is 0 Å². The molecule has 0 amide bonds. The van der Waals surface area contributed by atoms with Gasteiger partial charge in [0.2, 0.25) is 0 Å². The Morgan fingerprint density at radius 3 is 3.07 bits per heavy atom. The molecule has 0 atom stereocenters. The maximum atomic E-state index is 11.2. The SMILES string of the molecule is CCOC(=O)C(C#N)=C1C=NC=CN1. The van der Waals surface area contributed by atoms with E-state index in [1.54, 1.807) is 13.0 Å². The summed E-state index contributed by atoms with van der Waals surface area (Å²) in [5.74, 6) is -0.640. The van der Waals surface area contributed by atoms with Gasteiger partial charge >= 0.3 is 5.97 Å². The molecule has 0 saturated heterocycles. The quantitative estimate of drug-likeness (QED) is 0.391. The van der Waals surface area contributed by atoms with E-state index in [1.807, 2.05) is 0 Å². The van der Waals surface area contributed by atoms with Crippen LogP contribution in [0.3, 0.4) is 0 Å². The molecule has 1 aliphatic heterocycles. The van der Waals surface area contributed by atoms with Crippen LogP contribution in [0.5, 0.6) is 0 Å². The van der Waals surface area contributed by atoms with Gasteiger partial charge in [-0.15, -0.1) is 0 Å². The van der Waals surface area contributed by atoms with Crippen LogP contribution in [0.2, 0.25) is 0 Å². The third-order valence-corrected chi connectivity index (χ3v) is 1.46. The lowest BCUT2D eigenvalue weighted by atomic mass is 10.2. The Morgan fingerprint density at radius 1 is 1.79 bits per heavy atom. The number of ether oxygens (including phenoxy) is 1. The van der Waals surface area contributed by atoms with Crippen molar-refractivity contribution in [3.63, 3.8) is 0 Å². The van der Waals surface area contributed by atoms with Gasteiger partial charge in [0.25, 0.3) is 0 Å². The van der Waals surface area contributed by atoms with Crippen molar-refractivity contribution in [2.24, 2.45) is 4.99 Å². The monoisotopic (exact) mass is 191 g/mol. The minimum Gasteiger partial charge on any atom is -0.462 e. The molecule has 0 aromatic rings. The predicted octanol–water partition coefficient (Wildman–Crippen LogP) is 0.472. The average Bonchev–Trinajstić information content (AvgIpc) is 2.21. The Kier molecular flexibility index (Phi) is 3.44. The van der Waals surface area contributed by atoms with Gasteiger partial charge in [0.05, 0.1) is 18.5 Å². The summed E-state index contributed by atoms with van der Waals surface area (Å²) in [6.45, 7) is 1.92. The molecule has 0 saturated carbocycles. The molecule has 72 valence electrons. The number of aliphatic imine (C=N–C) groups is 1. The molecule has 0 spiro atoms. The van der Waals surface area contributed by atoms with E-state index in [-0.39, 0.29) is 12.2 Å². The lowest BCUT2D eigenvalue weighted by molar-refractivity contribution is -0.138. The number of hydrogen-bond acceptors (Lipinski definition) is 5. The summed E-state index contributed by atoms with van der Waals surface area (Å²) in [5.41, 5.74) is 0.286. The normalized spacial score (nSPS) is 16.9. The highest BCUT2D eigenvalue weighted by Crippen LogP contribution is 2.04. The molecule has 0 unspecified atom stereocenters. The fraction of sp³-hybridized carbons (Fsp3) is 0.222. The van der Waals surface area contributed by atoms with E-state index < -0.39 is 5.97 Å². The highest BCUT2D eigenvalue weighted by molar-refractivity contribution is 6.00. The minimum atomic E-state index is -0.640. The second kappa shape index (κ2) is 4.82. The molecule has 0 fully saturated rings. The van der Waals surface area contributed by atoms with E-state index in [1.165, 1.54) is 18.6 Å². The van der Waals surface area contributed by atoms with E-state index in [4.69, 9.17) is 10.00 Å². The van der Waals surface area contributed by atoms with Crippen molar-refractivity contribution in [1.29, 1.82) is 5.26 Å². The van der Waals surface area contributed by atoms with Gasteiger partial charge in [-0.05, 0) is 6.92 Å². The van der Waals surface area contributed by atoms with Crippen LogP contribution in [0.15, 0.2) is 28.7 Å². The number of esters is 1. The second-order valence-electron chi connectivity index (χ2n) is 2.36. The van der Waals surface area contributed by atoms with Gasteiger partial charge in [-0.2, -0.15) is 5.26 Å². The standard InChI is InChI=1S/C9H9N3O2/c1-2-14-9(13)7(5-10)8-6-11-3-4-12-8/h3-4,6,12H,2H2,1H3. The number of nitriles is 1. The van der Waals surface area contributed by atoms with Gasteiger partial charge in [0.15, 0.2) is 5.57 Å². The average molecular weight is 191 g/mol. The predicted molar refractivity (Wildman–Crippen MR) is 50.0 cm³/mol. The molecule has 1 rings (SSSR count). The first-order valence-electron chi connectivity index (χ1n) is 4.05. The molecular formula is C9H9N3O2. The van der Waals surface area contributed by atoms with Gasteiger partial charge in [-0.25, -0.2) is 4.79 Å². The number of carbonyl (C=O) groups excluding carboxylic acids is 1. The molecule has 5 nitrogen and oxygen atoms in total. The van der Waals surface area contributed by atoms with Crippen molar-refractivity contribution in [2.75, 3.05) is 6.61 Å². The summed E-state index contributed by atoms with van der Waals surface area (Å²) in [6, 6.07) is 1.77. The Balaban J connectivity index is 2.91. The van der Waals surface area contributed by atoms with E-state index in [0.717, 1.165) is 0 Å². The summed E-state index contributed by atoms with van der Waals surface area (Å²) in [4.78, 5) is 15.0. The third-order valence-electron chi connectivity index (χ3n) is 1.46. The van der Waals surface area contributed by atoms with Crippen molar-refractivity contribution in [3.05, 3.63) is 23.7 Å². The smallest absolute Gasteiger partial charge is 0.351 e. The Morgan fingerprint density at radius 2 is 2.57 bits per heavy atom. The molecule has 1 N–H and O–H groups in total. The zero-order valence-electron chi connectivity index (χ0n) is 7.65. The van der Waals surface area contributed by atoms with Crippen molar-refractivity contribution in [3.8, 4) is 6.07 Å². The van der Waals surface area contributed by atoms with Crippen molar-refractivity contribution < 1.29 is 9.53 Å². The van der Waals surface area contributed by atoms with Gasteiger partial charge in [0, 0.05) is 12.4 Å². The van der Waals surface area contributed by atoms with Crippen LogP contribution >= 0.6 is 0 Å². The summed E-state index contributed by atoms with van der Waals surface area (Å²) in [5, 5.41) is 11.5. The first-order chi connectivity index (χ1) is 6.79. The lowest BCUT2D eigenvalue weighted by Gasteiger charge is -2.07. The Hall–Kier alpha value is -2.09. The number of hydrogen-bond donors (Lipinski definition) is 1. The minimum absolute atomic E-state index is 0.0695.